The number of piperazine rings is 1. The Morgan fingerprint density at radius 3 is 2.41 bits per heavy atom. The number of rotatable bonds is 18. The first-order valence-electron chi connectivity index (χ1n) is 23.7. The third-order valence-electron chi connectivity index (χ3n) is 12.7. The van der Waals surface area contributed by atoms with E-state index in [0.29, 0.717) is 73.6 Å². The quantitative estimate of drug-likeness (QED) is 0.0453. The Morgan fingerprint density at radius 1 is 1.01 bits per heavy atom. The summed E-state index contributed by atoms with van der Waals surface area (Å²) in [5.74, 6) is -1.39. The number of nitrogens with zero attached hydrogens (tertiary/aromatic N) is 9. The van der Waals surface area contributed by atoms with Crippen LogP contribution in [-0.4, -0.2) is 151 Å². The Hall–Kier alpha value is -6.50. The minimum Gasteiger partial charge on any atom is -0.394 e. The van der Waals surface area contributed by atoms with Crippen LogP contribution >= 0.6 is 22.9 Å². The molecule has 2 aromatic carbocycles. The van der Waals surface area contributed by atoms with Crippen LogP contribution in [0.1, 0.15) is 87.0 Å². The highest BCUT2D eigenvalue weighted by Gasteiger charge is 2.45. The lowest BCUT2D eigenvalue weighted by atomic mass is 9.85. The number of aryl methyl sites for hydroxylation is 1. The SMILES string of the molecule is C/C(=N\OCCN1CCN(CC(=O)NC(C(=O)N2C[C@H](O)C[C@H]2C(=O)NC(C)c2ccc(-c3scnc3C)cc2)C(C)(C)C)CC1)c1cc(C(=O)NC(C)Cn2ccc(-c3ccc(C#N)c(Cl)c3)n2)[nH]n1. The molecular formula is C50H62ClN13O6S. The Bertz CT molecular complexity index is 2750. The molecule has 5 heterocycles. The number of likely N-dealkylation sites (tertiary alicyclic amines) is 1. The summed E-state index contributed by atoms with van der Waals surface area (Å²) < 4.78 is 1.73. The summed E-state index contributed by atoms with van der Waals surface area (Å²) >= 11 is 7.77. The van der Waals surface area contributed by atoms with E-state index in [4.69, 9.17) is 21.7 Å². The van der Waals surface area contributed by atoms with Crippen molar-refractivity contribution >= 4 is 52.3 Å². The fourth-order valence-electron chi connectivity index (χ4n) is 8.59. The number of nitriles is 1. The number of halogens is 1. The molecule has 2 fully saturated rings. The molecule has 4 amide bonds. The van der Waals surface area contributed by atoms with E-state index in [1.807, 2.05) is 94.6 Å². The maximum Gasteiger partial charge on any atom is 0.269 e. The summed E-state index contributed by atoms with van der Waals surface area (Å²) in [7, 11) is 0. The summed E-state index contributed by atoms with van der Waals surface area (Å²) in [5.41, 5.74) is 7.16. The molecule has 21 heteroatoms. The first-order chi connectivity index (χ1) is 33.9. The third-order valence-corrected chi connectivity index (χ3v) is 13.9. The summed E-state index contributed by atoms with van der Waals surface area (Å²) in [6.07, 6.45) is 1.04. The molecule has 5 aromatic rings. The molecule has 0 bridgehead atoms. The van der Waals surface area contributed by atoms with Gasteiger partial charge in [-0.3, -0.25) is 38.8 Å². The maximum absolute atomic E-state index is 14.2. The zero-order chi connectivity index (χ0) is 51.0. The van der Waals surface area contributed by atoms with Crippen molar-refractivity contribution in [2.45, 2.75) is 91.7 Å². The molecule has 2 aliphatic heterocycles. The van der Waals surface area contributed by atoms with Crippen LogP contribution < -0.4 is 16.0 Å². The predicted octanol–water partition coefficient (Wildman–Crippen LogP) is 4.78. The van der Waals surface area contributed by atoms with Crippen LogP contribution in [-0.2, 0) is 25.8 Å². The number of aromatic nitrogens is 5. The molecule has 5 atom stereocenters. The smallest absolute Gasteiger partial charge is 0.269 e. The number of amides is 4. The van der Waals surface area contributed by atoms with E-state index in [0.717, 1.165) is 27.3 Å². The van der Waals surface area contributed by atoms with Crippen molar-refractivity contribution in [1.82, 2.24) is 55.6 Å². The first-order valence-corrected chi connectivity index (χ1v) is 24.9. The highest BCUT2D eigenvalue weighted by molar-refractivity contribution is 7.13. The summed E-state index contributed by atoms with van der Waals surface area (Å²) in [4.78, 5) is 71.2. The van der Waals surface area contributed by atoms with Gasteiger partial charge in [0.2, 0.25) is 17.7 Å². The molecule has 2 aliphatic rings. The van der Waals surface area contributed by atoms with Gasteiger partial charge < -0.3 is 30.8 Å². The molecule has 3 unspecified atom stereocenters. The van der Waals surface area contributed by atoms with E-state index in [1.165, 1.54) is 4.90 Å². The van der Waals surface area contributed by atoms with Crippen molar-refractivity contribution in [2.24, 2.45) is 10.6 Å². The van der Waals surface area contributed by atoms with Crippen molar-refractivity contribution in [3.63, 3.8) is 0 Å². The average Bonchev–Trinajstić information content (AvgIpc) is 4.18. The Kier molecular flexibility index (Phi) is 17.1. The van der Waals surface area contributed by atoms with Crippen molar-refractivity contribution in [1.29, 1.82) is 5.26 Å². The van der Waals surface area contributed by atoms with Crippen molar-refractivity contribution in [3.8, 4) is 27.8 Å². The van der Waals surface area contributed by atoms with Crippen LogP contribution in [0, 0.1) is 23.7 Å². The van der Waals surface area contributed by atoms with E-state index in [9.17, 15) is 24.3 Å². The largest absolute Gasteiger partial charge is 0.394 e. The minimum absolute atomic E-state index is 0.00669. The molecular weight excluding hydrogens is 946 g/mol. The minimum atomic E-state index is -0.927. The zero-order valence-electron chi connectivity index (χ0n) is 41.1. The number of aliphatic hydroxyl groups excluding tert-OH is 1. The van der Waals surface area contributed by atoms with E-state index >= 15 is 0 Å². The number of aliphatic hydroxyl groups is 1. The zero-order valence-corrected chi connectivity index (χ0v) is 42.7. The fourth-order valence-corrected chi connectivity index (χ4v) is 9.62. The van der Waals surface area contributed by atoms with E-state index < -0.39 is 29.5 Å². The summed E-state index contributed by atoms with van der Waals surface area (Å²) in [6, 6.07) is 16.2. The lowest BCUT2D eigenvalue weighted by Crippen LogP contribution is -2.59. The number of nitrogens with one attached hydrogen (secondary N) is 4. The Balaban J connectivity index is 0.818. The van der Waals surface area contributed by atoms with Gasteiger partial charge in [0.1, 0.15) is 41.9 Å². The number of carbonyl (C=O) groups is 4. The molecule has 3 aromatic heterocycles. The van der Waals surface area contributed by atoms with Gasteiger partial charge in [-0.25, -0.2) is 4.98 Å². The second-order valence-electron chi connectivity index (χ2n) is 19.3. The predicted molar refractivity (Wildman–Crippen MR) is 270 cm³/mol. The number of thiazole rings is 1. The normalized spacial score (nSPS) is 18.1. The molecule has 0 radical (unpaired) electrons. The van der Waals surface area contributed by atoms with Crippen LogP contribution in [0.2, 0.25) is 5.02 Å². The second kappa shape index (κ2) is 23.2. The molecule has 71 heavy (non-hydrogen) atoms. The number of H-pyrrole nitrogens is 1. The van der Waals surface area contributed by atoms with Gasteiger partial charge in [-0.2, -0.15) is 15.5 Å². The number of aromatic amines is 1. The molecule has 19 nitrogen and oxygen atoms in total. The molecule has 0 saturated carbocycles. The van der Waals surface area contributed by atoms with Crippen LogP contribution in [0.25, 0.3) is 21.7 Å². The third kappa shape index (κ3) is 13.5. The van der Waals surface area contributed by atoms with Crippen LogP contribution in [0.15, 0.2) is 71.5 Å². The Labute approximate surface area is 422 Å². The second-order valence-corrected chi connectivity index (χ2v) is 20.5. The summed E-state index contributed by atoms with van der Waals surface area (Å²) in [5, 5.41) is 45.0. The van der Waals surface area contributed by atoms with Crippen molar-refractivity contribution in [3.05, 3.63) is 99.5 Å². The van der Waals surface area contributed by atoms with E-state index in [1.54, 1.807) is 47.2 Å². The van der Waals surface area contributed by atoms with Crippen molar-refractivity contribution < 1.29 is 29.1 Å². The topological polar surface area (TPSA) is 239 Å². The van der Waals surface area contributed by atoms with Gasteiger partial charge in [0.25, 0.3) is 5.91 Å². The summed E-state index contributed by atoms with van der Waals surface area (Å²) in [6.45, 7) is 17.2. The molecule has 376 valence electrons. The Morgan fingerprint density at radius 2 is 1.73 bits per heavy atom. The number of β-amino-alcohol motifs (C(OH)–C–C–N with tert-alkyl or cyclic N) is 1. The number of hydrogen-bond acceptors (Lipinski definition) is 14. The van der Waals surface area contributed by atoms with Crippen molar-refractivity contribution in [2.75, 3.05) is 52.4 Å². The van der Waals surface area contributed by atoms with Gasteiger partial charge in [-0.05, 0) is 68.5 Å². The number of oxime groups is 1. The first kappa shape index (κ1) is 52.3. The van der Waals surface area contributed by atoms with Gasteiger partial charge >= 0.3 is 0 Å². The molecule has 7 rings (SSSR count). The van der Waals surface area contributed by atoms with Gasteiger partial charge in [-0.15, -0.1) is 11.3 Å². The van der Waals surface area contributed by atoms with Crippen LogP contribution in [0.3, 0.4) is 0 Å². The number of hydrogen-bond donors (Lipinski definition) is 5. The highest BCUT2D eigenvalue weighted by Crippen LogP contribution is 2.30. The standard InChI is InChI=1S/C50H62ClN13O6S/c1-30(26-63-15-14-40(59-63)36-12-13-37(25-52)39(51)22-36)54-47(67)42-24-41(57-58-42)32(3)60-70-21-20-61-16-18-62(19-17-61)28-44(66)56-46(50(5,6)7)49(69)64-27-38(65)23-43(64)48(68)55-31(2)34-8-10-35(11-9-34)45-33(4)53-29-71-45/h8-15,22,24,29-31,38,43,46,65H,16-21,23,26-28H2,1-7H3,(H,54,67)(H,55,68)(H,56,66)(H,57,58)/b60-32+/t30?,31?,38-,43+,46?/m1/s1. The molecule has 0 aliphatic carbocycles. The molecule has 2 saturated heterocycles. The van der Waals surface area contributed by atoms with Gasteiger partial charge in [-0.1, -0.05) is 67.9 Å². The van der Waals surface area contributed by atoms with Gasteiger partial charge in [0, 0.05) is 63.5 Å². The average molecular weight is 1010 g/mol. The van der Waals surface area contributed by atoms with Gasteiger partial charge in [0.15, 0.2) is 0 Å². The van der Waals surface area contributed by atoms with Crippen LogP contribution in [0.4, 0.5) is 0 Å². The van der Waals surface area contributed by atoms with E-state index in [-0.39, 0.29) is 55.0 Å². The van der Waals surface area contributed by atoms with Crippen LogP contribution in [0.5, 0.6) is 0 Å². The monoisotopic (exact) mass is 1010 g/mol. The maximum atomic E-state index is 14.2. The van der Waals surface area contributed by atoms with Gasteiger partial charge in [0.05, 0.1) is 57.6 Å². The lowest BCUT2D eigenvalue weighted by molar-refractivity contribution is -0.144. The number of benzene rings is 2. The highest BCUT2D eigenvalue weighted by atomic mass is 35.5. The molecule has 0 spiro atoms. The van der Waals surface area contributed by atoms with E-state index in [2.05, 4.69) is 46.3 Å². The fraction of sp³-hybridized carbons (Fsp3) is 0.460. The molecule has 5 N–H and O–H groups in total. The lowest BCUT2D eigenvalue weighted by Gasteiger charge is -2.37. The number of carbonyl (C=O) groups excluding carboxylic acids is 4.